The summed E-state index contributed by atoms with van der Waals surface area (Å²) in [5.74, 6) is 0.504. The van der Waals surface area contributed by atoms with E-state index in [1.165, 1.54) is 5.56 Å². The lowest BCUT2D eigenvalue weighted by atomic mass is 10.0. The quantitative estimate of drug-likeness (QED) is 0.694. The van der Waals surface area contributed by atoms with Crippen molar-refractivity contribution in [3.63, 3.8) is 0 Å². The van der Waals surface area contributed by atoms with Crippen molar-refractivity contribution in [1.29, 1.82) is 0 Å². The minimum atomic E-state index is -3.08. The number of benzene rings is 1. The lowest BCUT2D eigenvalue weighted by Gasteiger charge is -2.14. The Hall–Kier alpha value is -2.87. The monoisotopic (exact) mass is 413 g/mol. The Morgan fingerprint density at radius 2 is 2.07 bits per heavy atom. The van der Waals surface area contributed by atoms with E-state index >= 15 is 0 Å². The molecule has 0 spiro atoms. The van der Waals surface area contributed by atoms with Crippen molar-refractivity contribution < 1.29 is 17.6 Å². The van der Waals surface area contributed by atoms with Gasteiger partial charge in [-0.1, -0.05) is 12.1 Å². The van der Waals surface area contributed by atoms with Crippen molar-refractivity contribution in [3.05, 3.63) is 65.2 Å². The van der Waals surface area contributed by atoms with Crippen molar-refractivity contribution in [1.82, 2.24) is 15.1 Å². The van der Waals surface area contributed by atoms with E-state index in [0.717, 1.165) is 16.8 Å². The number of furan rings is 1. The van der Waals surface area contributed by atoms with E-state index in [1.807, 2.05) is 32.0 Å². The van der Waals surface area contributed by atoms with E-state index in [4.69, 9.17) is 4.42 Å². The first kappa shape index (κ1) is 19.4. The Labute approximate surface area is 169 Å². The number of sulfone groups is 1. The first-order valence-electron chi connectivity index (χ1n) is 9.50. The van der Waals surface area contributed by atoms with Crippen molar-refractivity contribution in [3.8, 4) is 11.3 Å². The largest absolute Gasteiger partial charge is 0.467 e. The molecule has 0 radical (unpaired) electrons. The number of carbonyl (C=O) groups is 1. The summed E-state index contributed by atoms with van der Waals surface area (Å²) in [6.45, 7) is 4.32. The topological polar surface area (TPSA) is 94.2 Å². The maximum absolute atomic E-state index is 12.7. The highest BCUT2D eigenvalue weighted by Gasteiger charge is 2.32. The molecule has 29 heavy (non-hydrogen) atoms. The predicted octanol–water partition coefficient (Wildman–Crippen LogP) is 3.05. The predicted molar refractivity (Wildman–Crippen MR) is 109 cm³/mol. The average molecular weight is 413 g/mol. The summed E-state index contributed by atoms with van der Waals surface area (Å²) in [6, 6.07) is 11.0. The Morgan fingerprint density at radius 1 is 1.24 bits per heavy atom. The van der Waals surface area contributed by atoms with Gasteiger partial charge >= 0.3 is 0 Å². The second kappa shape index (κ2) is 7.51. The molecule has 1 unspecified atom stereocenters. The maximum atomic E-state index is 12.7. The van der Waals surface area contributed by atoms with Gasteiger partial charge < -0.3 is 9.73 Å². The third-order valence-corrected chi connectivity index (χ3v) is 7.08. The molecule has 8 heteroatoms. The van der Waals surface area contributed by atoms with Crippen molar-refractivity contribution >= 4 is 15.7 Å². The van der Waals surface area contributed by atoms with Crippen LogP contribution in [0.4, 0.5) is 0 Å². The normalized spacial score (nSPS) is 18.1. The Kier molecular flexibility index (Phi) is 5.04. The third kappa shape index (κ3) is 4.12. The van der Waals surface area contributed by atoms with Gasteiger partial charge in [0, 0.05) is 5.56 Å². The van der Waals surface area contributed by atoms with Gasteiger partial charge in [-0.15, -0.1) is 0 Å². The fraction of sp³-hybridized carbons (Fsp3) is 0.333. The molecule has 0 aliphatic carbocycles. The smallest absolute Gasteiger partial charge is 0.272 e. The molecule has 4 rings (SSSR count). The summed E-state index contributed by atoms with van der Waals surface area (Å²) in [5, 5.41) is 7.29. The molecule has 1 aromatic carbocycles. The van der Waals surface area contributed by atoms with E-state index < -0.39 is 9.84 Å². The van der Waals surface area contributed by atoms with Gasteiger partial charge in [-0.2, -0.15) is 5.10 Å². The van der Waals surface area contributed by atoms with E-state index in [0.29, 0.717) is 12.2 Å². The SMILES string of the molecule is Cc1ccc(-c2cc(C(=O)NCc3ccco3)nn2C2CCS(=O)(=O)C2)cc1C. The van der Waals surface area contributed by atoms with Crippen LogP contribution in [0.15, 0.2) is 47.1 Å². The zero-order valence-corrected chi connectivity index (χ0v) is 17.2. The number of aryl methyl sites for hydroxylation is 2. The van der Waals surface area contributed by atoms with E-state index in [2.05, 4.69) is 10.4 Å². The fourth-order valence-electron chi connectivity index (χ4n) is 3.54. The highest BCUT2D eigenvalue weighted by Crippen LogP contribution is 2.31. The third-order valence-electron chi connectivity index (χ3n) is 5.33. The molecule has 152 valence electrons. The number of hydrogen-bond donors (Lipinski definition) is 1. The molecule has 3 aromatic rings. The van der Waals surface area contributed by atoms with E-state index in [9.17, 15) is 13.2 Å². The zero-order chi connectivity index (χ0) is 20.6. The van der Waals surface area contributed by atoms with Gasteiger partial charge in [-0.25, -0.2) is 8.42 Å². The van der Waals surface area contributed by atoms with Crippen LogP contribution in [0.2, 0.25) is 0 Å². The number of hydrogen-bond acceptors (Lipinski definition) is 5. The van der Waals surface area contributed by atoms with Gasteiger partial charge in [-0.05, 0) is 55.7 Å². The number of aromatic nitrogens is 2. The van der Waals surface area contributed by atoms with Crippen molar-refractivity contribution in [2.24, 2.45) is 0 Å². The fourth-order valence-corrected chi connectivity index (χ4v) is 5.23. The van der Waals surface area contributed by atoms with Crippen LogP contribution in [0, 0.1) is 13.8 Å². The van der Waals surface area contributed by atoms with Gasteiger partial charge in [0.15, 0.2) is 15.5 Å². The molecular weight excluding hydrogens is 390 g/mol. The van der Waals surface area contributed by atoms with Crippen LogP contribution in [0.5, 0.6) is 0 Å². The summed E-state index contributed by atoms with van der Waals surface area (Å²) in [7, 11) is -3.08. The van der Waals surface area contributed by atoms with Gasteiger partial charge in [-0.3, -0.25) is 9.48 Å². The van der Waals surface area contributed by atoms with Crippen LogP contribution in [0.3, 0.4) is 0 Å². The number of nitrogens with zero attached hydrogens (tertiary/aromatic N) is 2. The van der Waals surface area contributed by atoms with Gasteiger partial charge in [0.2, 0.25) is 0 Å². The lowest BCUT2D eigenvalue weighted by Crippen LogP contribution is -2.23. The standard InChI is InChI=1S/C21H23N3O4S/c1-14-5-6-16(10-15(14)2)20-11-19(21(25)22-12-18-4-3-8-28-18)23-24(20)17-7-9-29(26,27)13-17/h3-6,8,10-11,17H,7,9,12-13H2,1-2H3,(H,22,25). The summed E-state index contributed by atoms with van der Waals surface area (Å²) < 4.78 is 31.0. The number of nitrogens with one attached hydrogen (secondary N) is 1. The highest BCUT2D eigenvalue weighted by molar-refractivity contribution is 7.91. The number of amides is 1. The molecule has 1 aliphatic heterocycles. The molecule has 2 aromatic heterocycles. The van der Waals surface area contributed by atoms with Crippen LogP contribution < -0.4 is 5.32 Å². The van der Waals surface area contributed by atoms with Crippen LogP contribution in [0.25, 0.3) is 11.3 Å². The van der Waals surface area contributed by atoms with E-state index in [-0.39, 0.29) is 35.7 Å². The summed E-state index contributed by atoms with van der Waals surface area (Å²) in [4.78, 5) is 12.7. The molecule has 1 amide bonds. The summed E-state index contributed by atoms with van der Waals surface area (Å²) in [5.41, 5.74) is 4.21. The second-order valence-electron chi connectivity index (χ2n) is 7.48. The van der Waals surface area contributed by atoms with Crippen LogP contribution in [-0.2, 0) is 16.4 Å². The molecule has 7 nitrogen and oxygen atoms in total. The number of rotatable bonds is 5. The van der Waals surface area contributed by atoms with Crippen LogP contribution >= 0.6 is 0 Å². The molecule has 1 aliphatic rings. The van der Waals surface area contributed by atoms with Gasteiger partial charge in [0.05, 0.1) is 36.0 Å². The summed E-state index contributed by atoms with van der Waals surface area (Å²) in [6.07, 6.45) is 2.05. The molecule has 0 bridgehead atoms. The van der Waals surface area contributed by atoms with Gasteiger partial charge in [0.1, 0.15) is 5.76 Å². The Morgan fingerprint density at radius 3 is 2.72 bits per heavy atom. The summed E-state index contributed by atoms with van der Waals surface area (Å²) >= 11 is 0. The maximum Gasteiger partial charge on any atom is 0.272 e. The molecular formula is C21H23N3O4S. The van der Waals surface area contributed by atoms with Crippen LogP contribution in [-0.4, -0.2) is 35.6 Å². The number of carbonyl (C=O) groups excluding carboxylic acids is 1. The molecule has 3 heterocycles. The van der Waals surface area contributed by atoms with E-state index in [1.54, 1.807) is 29.1 Å². The average Bonchev–Trinajstić information content (AvgIpc) is 3.41. The van der Waals surface area contributed by atoms with Crippen molar-refractivity contribution in [2.75, 3.05) is 11.5 Å². The first-order valence-corrected chi connectivity index (χ1v) is 11.3. The van der Waals surface area contributed by atoms with Crippen LogP contribution in [0.1, 0.15) is 39.8 Å². The molecule has 1 saturated heterocycles. The first-order chi connectivity index (χ1) is 13.8. The lowest BCUT2D eigenvalue weighted by molar-refractivity contribution is 0.0942. The van der Waals surface area contributed by atoms with Gasteiger partial charge in [0.25, 0.3) is 5.91 Å². The molecule has 1 N–H and O–H groups in total. The highest BCUT2D eigenvalue weighted by atomic mass is 32.2. The Balaban J connectivity index is 1.68. The molecule has 1 fully saturated rings. The zero-order valence-electron chi connectivity index (χ0n) is 16.4. The minimum Gasteiger partial charge on any atom is -0.467 e. The molecule has 1 atom stereocenters. The molecule has 0 saturated carbocycles. The minimum absolute atomic E-state index is 0.0416. The Bertz CT molecular complexity index is 1150. The van der Waals surface area contributed by atoms with Crippen molar-refractivity contribution in [2.45, 2.75) is 32.9 Å². The second-order valence-corrected chi connectivity index (χ2v) is 9.71.